The summed E-state index contributed by atoms with van der Waals surface area (Å²) in [6, 6.07) is 3.46. The molecule has 1 aromatic carbocycles. The van der Waals surface area contributed by atoms with Crippen molar-refractivity contribution in [3.8, 4) is 5.75 Å². The molecule has 0 spiro atoms. The third-order valence-corrected chi connectivity index (χ3v) is 3.23. The summed E-state index contributed by atoms with van der Waals surface area (Å²) in [5.41, 5.74) is 2.29. The summed E-state index contributed by atoms with van der Waals surface area (Å²) in [6.45, 7) is 4.34. The van der Waals surface area contributed by atoms with Gasteiger partial charge in [-0.2, -0.15) is 0 Å². The van der Waals surface area contributed by atoms with Crippen LogP contribution in [-0.2, 0) is 11.8 Å². The van der Waals surface area contributed by atoms with Crippen LogP contribution >= 0.6 is 11.6 Å². The molecule has 0 fully saturated rings. The molecular weight excluding hydrogens is 184 g/mol. The molecule has 2 rings (SSSR count). The van der Waals surface area contributed by atoms with Crippen molar-refractivity contribution < 1.29 is 5.11 Å². The van der Waals surface area contributed by atoms with Gasteiger partial charge in [-0.3, -0.25) is 0 Å². The highest BCUT2D eigenvalue weighted by molar-refractivity contribution is 6.31. The van der Waals surface area contributed by atoms with Gasteiger partial charge in [0.25, 0.3) is 0 Å². The molecule has 13 heavy (non-hydrogen) atoms. The van der Waals surface area contributed by atoms with E-state index in [0.717, 1.165) is 29.0 Å². The Morgan fingerprint density at radius 3 is 2.69 bits per heavy atom. The van der Waals surface area contributed by atoms with Crippen molar-refractivity contribution in [2.45, 2.75) is 32.1 Å². The second-order valence-electron chi connectivity index (χ2n) is 4.30. The van der Waals surface area contributed by atoms with E-state index in [4.69, 9.17) is 11.6 Å². The normalized spacial score (nSPS) is 18.7. The van der Waals surface area contributed by atoms with Crippen LogP contribution in [0.3, 0.4) is 0 Å². The summed E-state index contributed by atoms with van der Waals surface area (Å²) in [6.07, 6.45) is 2.01. The summed E-state index contributed by atoms with van der Waals surface area (Å²) in [5, 5.41) is 10.4. The maximum absolute atomic E-state index is 9.63. The highest BCUT2D eigenvalue weighted by Gasteiger charge is 2.33. The Labute approximate surface area is 83.3 Å². The Morgan fingerprint density at radius 1 is 1.38 bits per heavy atom. The Balaban J connectivity index is 2.70. The Morgan fingerprint density at radius 2 is 2.08 bits per heavy atom. The van der Waals surface area contributed by atoms with Crippen LogP contribution in [0.1, 0.15) is 31.4 Å². The summed E-state index contributed by atoms with van der Waals surface area (Å²) < 4.78 is 0. The molecule has 1 nitrogen and oxygen atoms in total. The molecule has 0 saturated carbocycles. The van der Waals surface area contributed by atoms with Gasteiger partial charge in [0.1, 0.15) is 5.75 Å². The van der Waals surface area contributed by atoms with Crippen LogP contribution in [0.2, 0.25) is 5.02 Å². The van der Waals surface area contributed by atoms with Crippen LogP contribution < -0.4 is 0 Å². The van der Waals surface area contributed by atoms with Crippen molar-refractivity contribution >= 4 is 11.6 Å². The lowest BCUT2D eigenvalue weighted by atomic mass is 9.86. The summed E-state index contributed by atoms with van der Waals surface area (Å²) >= 11 is 6.12. The van der Waals surface area contributed by atoms with Gasteiger partial charge in [-0.05, 0) is 41.5 Å². The minimum atomic E-state index is 0.116. The van der Waals surface area contributed by atoms with Crippen molar-refractivity contribution in [1.82, 2.24) is 0 Å². The monoisotopic (exact) mass is 196 g/mol. The SMILES string of the molecule is CC1(C)CCc2c(O)ccc(Cl)c21. The molecule has 0 heterocycles. The maximum Gasteiger partial charge on any atom is 0.119 e. The van der Waals surface area contributed by atoms with Gasteiger partial charge in [0, 0.05) is 5.02 Å². The maximum atomic E-state index is 9.63. The zero-order chi connectivity index (χ0) is 9.64. The number of aromatic hydroxyl groups is 1. The summed E-state index contributed by atoms with van der Waals surface area (Å²) in [5.74, 6) is 0.393. The molecular formula is C11H13ClO. The third kappa shape index (κ3) is 1.22. The van der Waals surface area contributed by atoms with Gasteiger partial charge in [0.05, 0.1) is 0 Å². The first-order valence-electron chi connectivity index (χ1n) is 4.53. The first kappa shape index (κ1) is 8.89. The summed E-state index contributed by atoms with van der Waals surface area (Å²) in [7, 11) is 0. The number of hydrogen-bond donors (Lipinski definition) is 1. The molecule has 2 heteroatoms. The van der Waals surface area contributed by atoms with E-state index < -0.39 is 0 Å². The minimum Gasteiger partial charge on any atom is -0.508 e. The molecule has 0 atom stereocenters. The van der Waals surface area contributed by atoms with Gasteiger partial charge in [-0.1, -0.05) is 25.4 Å². The van der Waals surface area contributed by atoms with Crippen LogP contribution in [0.15, 0.2) is 12.1 Å². The standard InChI is InChI=1S/C11H13ClO/c1-11(2)6-5-7-9(13)4-3-8(12)10(7)11/h3-4,13H,5-6H2,1-2H3. The van der Waals surface area contributed by atoms with Crippen LogP contribution in [0.25, 0.3) is 0 Å². The van der Waals surface area contributed by atoms with Crippen molar-refractivity contribution in [2.24, 2.45) is 0 Å². The largest absolute Gasteiger partial charge is 0.508 e. The van der Waals surface area contributed by atoms with Crippen molar-refractivity contribution in [2.75, 3.05) is 0 Å². The van der Waals surface area contributed by atoms with E-state index in [-0.39, 0.29) is 5.41 Å². The second kappa shape index (κ2) is 2.65. The van der Waals surface area contributed by atoms with Gasteiger partial charge in [-0.25, -0.2) is 0 Å². The molecule has 1 aliphatic carbocycles. The first-order chi connectivity index (χ1) is 6.02. The molecule has 1 aromatic rings. The number of hydrogen-bond acceptors (Lipinski definition) is 1. The molecule has 0 amide bonds. The Bertz CT molecular complexity index is 355. The predicted octanol–water partition coefficient (Wildman–Crippen LogP) is 3.27. The molecule has 0 radical (unpaired) electrons. The van der Waals surface area contributed by atoms with E-state index in [0.29, 0.717) is 5.75 Å². The van der Waals surface area contributed by atoms with Crippen LogP contribution in [0.4, 0.5) is 0 Å². The molecule has 1 aliphatic rings. The first-order valence-corrected chi connectivity index (χ1v) is 4.91. The fourth-order valence-electron chi connectivity index (χ4n) is 2.16. The lowest BCUT2D eigenvalue weighted by Gasteiger charge is -2.20. The zero-order valence-corrected chi connectivity index (χ0v) is 8.65. The van der Waals surface area contributed by atoms with E-state index in [2.05, 4.69) is 13.8 Å². The molecule has 0 aromatic heterocycles. The second-order valence-corrected chi connectivity index (χ2v) is 4.71. The third-order valence-electron chi connectivity index (χ3n) is 2.91. The highest BCUT2D eigenvalue weighted by atomic mass is 35.5. The Kier molecular flexibility index (Phi) is 1.81. The lowest BCUT2D eigenvalue weighted by molar-refractivity contribution is 0.469. The molecule has 0 bridgehead atoms. The molecule has 70 valence electrons. The number of fused-ring (bicyclic) bond motifs is 1. The van der Waals surface area contributed by atoms with Crippen LogP contribution in [0.5, 0.6) is 5.75 Å². The fourth-order valence-corrected chi connectivity index (χ4v) is 2.59. The van der Waals surface area contributed by atoms with E-state index in [1.54, 1.807) is 12.1 Å². The molecule has 1 N–H and O–H groups in total. The van der Waals surface area contributed by atoms with Gasteiger partial charge in [0.2, 0.25) is 0 Å². The Hall–Kier alpha value is -0.690. The quantitative estimate of drug-likeness (QED) is 0.675. The smallest absolute Gasteiger partial charge is 0.119 e. The van der Waals surface area contributed by atoms with Crippen molar-refractivity contribution in [3.63, 3.8) is 0 Å². The minimum absolute atomic E-state index is 0.116. The lowest BCUT2D eigenvalue weighted by Crippen LogP contribution is -2.12. The number of halogens is 1. The highest BCUT2D eigenvalue weighted by Crippen LogP contribution is 2.45. The van der Waals surface area contributed by atoms with Gasteiger partial charge in [0.15, 0.2) is 0 Å². The zero-order valence-electron chi connectivity index (χ0n) is 7.89. The van der Waals surface area contributed by atoms with Gasteiger partial charge in [-0.15, -0.1) is 0 Å². The van der Waals surface area contributed by atoms with E-state index in [9.17, 15) is 5.11 Å². The predicted molar refractivity (Wildman–Crippen MR) is 54.5 cm³/mol. The van der Waals surface area contributed by atoms with Crippen LogP contribution in [-0.4, -0.2) is 5.11 Å². The van der Waals surface area contributed by atoms with Crippen molar-refractivity contribution in [1.29, 1.82) is 0 Å². The van der Waals surface area contributed by atoms with Gasteiger partial charge >= 0.3 is 0 Å². The van der Waals surface area contributed by atoms with Gasteiger partial charge < -0.3 is 5.11 Å². The molecule has 0 saturated heterocycles. The van der Waals surface area contributed by atoms with Crippen molar-refractivity contribution in [3.05, 3.63) is 28.3 Å². The van der Waals surface area contributed by atoms with E-state index >= 15 is 0 Å². The molecule has 0 unspecified atom stereocenters. The average molecular weight is 197 g/mol. The number of benzene rings is 1. The van der Waals surface area contributed by atoms with E-state index in [1.165, 1.54) is 0 Å². The summed E-state index contributed by atoms with van der Waals surface area (Å²) in [4.78, 5) is 0. The molecule has 0 aliphatic heterocycles. The van der Waals surface area contributed by atoms with Crippen LogP contribution in [0, 0.1) is 0 Å². The fraction of sp³-hybridized carbons (Fsp3) is 0.455. The number of phenolic OH excluding ortho intramolecular Hbond substituents is 1. The number of rotatable bonds is 0. The van der Waals surface area contributed by atoms with E-state index in [1.807, 2.05) is 0 Å². The topological polar surface area (TPSA) is 20.2 Å². The number of phenols is 1. The average Bonchev–Trinajstić information content (AvgIpc) is 2.36.